The van der Waals surface area contributed by atoms with Crippen LogP contribution in [0.4, 0.5) is 5.69 Å². The lowest BCUT2D eigenvalue weighted by Gasteiger charge is -2.06. The van der Waals surface area contributed by atoms with Crippen molar-refractivity contribution in [3.05, 3.63) is 56.4 Å². The number of carbonyl (C=O) groups is 2. The van der Waals surface area contributed by atoms with Crippen LogP contribution >= 0.6 is 0 Å². The Balaban J connectivity index is 2.31. The number of aromatic nitrogens is 2. The molecule has 1 aromatic heterocycles. The molecule has 2 aromatic rings. The lowest BCUT2D eigenvalue weighted by Crippen LogP contribution is -2.27. The molecule has 108 valence electrons. The van der Waals surface area contributed by atoms with Gasteiger partial charge in [0.25, 0.3) is 11.5 Å². The van der Waals surface area contributed by atoms with Crippen LogP contribution in [0.3, 0.4) is 0 Å². The number of H-pyrrole nitrogens is 2. The van der Waals surface area contributed by atoms with Gasteiger partial charge in [0.05, 0.1) is 0 Å². The number of aromatic hydroxyl groups is 1. The maximum absolute atomic E-state index is 11.8. The molecule has 1 heterocycles. The number of hydrogen-bond donors (Lipinski definition) is 5. The molecule has 9 nitrogen and oxygen atoms in total. The molecular formula is C12H9N3O6. The van der Waals surface area contributed by atoms with E-state index in [9.17, 15) is 24.3 Å². The molecule has 5 N–H and O–H groups in total. The van der Waals surface area contributed by atoms with E-state index in [1.807, 2.05) is 4.98 Å². The Kier molecular flexibility index (Phi) is 3.57. The fourth-order valence-electron chi connectivity index (χ4n) is 1.57. The highest BCUT2D eigenvalue weighted by molar-refractivity contribution is 6.03. The Morgan fingerprint density at radius 2 is 1.81 bits per heavy atom. The van der Waals surface area contributed by atoms with Gasteiger partial charge >= 0.3 is 11.7 Å². The molecule has 0 spiro atoms. The predicted molar refractivity (Wildman–Crippen MR) is 70.7 cm³/mol. The zero-order chi connectivity index (χ0) is 15.6. The molecule has 2 rings (SSSR count). The number of nitrogens with one attached hydrogen (secondary N) is 3. The second-order valence-corrected chi connectivity index (χ2v) is 3.99. The van der Waals surface area contributed by atoms with E-state index >= 15 is 0 Å². The van der Waals surface area contributed by atoms with Gasteiger partial charge in [-0.05, 0) is 18.2 Å². The number of phenols is 1. The molecule has 0 bridgehead atoms. The highest BCUT2D eigenvalue weighted by Gasteiger charge is 2.13. The minimum Gasteiger partial charge on any atom is -0.507 e. The minimum atomic E-state index is -1.37. The lowest BCUT2D eigenvalue weighted by atomic mass is 10.1. The van der Waals surface area contributed by atoms with Crippen LogP contribution in [0.15, 0.2) is 33.9 Å². The van der Waals surface area contributed by atoms with Crippen LogP contribution in [0.5, 0.6) is 5.75 Å². The third kappa shape index (κ3) is 3.15. The van der Waals surface area contributed by atoms with E-state index < -0.39 is 34.4 Å². The first-order valence-corrected chi connectivity index (χ1v) is 5.58. The highest BCUT2D eigenvalue weighted by Crippen LogP contribution is 2.21. The summed E-state index contributed by atoms with van der Waals surface area (Å²) in [5, 5.41) is 20.5. The molecule has 0 aliphatic rings. The Bertz CT molecular complexity index is 807. The monoisotopic (exact) mass is 291 g/mol. The van der Waals surface area contributed by atoms with Gasteiger partial charge < -0.3 is 20.5 Å². The zero-order valence-electron chi connectivity index (χ0n) is 10.3. The van der Waals surface area contributed by atoms with E-state index in [4.69, 9.17) is 5.11 Å². The van der Waals surface area contributed by atoms with Crippen LogP contribution in [0, 0.1) is 0 Å². The molecule has 21 heavy (non-hydrogen) atoms. The van der Waals surface area contributed by atoms with Crippen molar-refractivity contribution >= 4 is 17.6 Å². The average molecular weight is 291 g/mol. The SMILES string of the molecule is O=C(Nc1ccc(O)c(C(=O)O)c1)c1cc(=O)[nH]c(=O)[nH]1. The number of aromatic carboxylic acids is 1. The van der Waals surface area contributed by atoms with Gasteiger partial charge in [-0.3, -0.25) is 14.6 Å². The van der Waals surface area contributed by atoms with Gasteiger partial charge in [-0.15, -0.1) is 0 Å². The van der Waals surface area contributed by atoms with Crippen molar-refractivity contribution in [3.63, 3.8) is 0 Å². The molecule has 0 radical (unpaired) electrons. The number of hydrogen-bond acceptors (Lipinski definition) is 5. The summed E-state index contributed by atoms with van der Waals surface area (Å²) in [6.45, 7) is 0. The second kappa shape index (κ2) is 5.33. The number of carboxylic acid groups (broad SMARTS) is 1. The van der Waals surface area contributed by atoms with Crippen molar-refractivity contribution < 1.29 is 19.8 Å². The molecule has 0 aliphatic heterocycles. The zero-order valence-corrected chi connectivity index (χ0v) is 10.3. The van der Waals surface area contributed by atoms with Gasteiger partial charge in [0.1, 0.15) is 17.0 Å². The van der Waals surface area contributed by atoms with Crippen LogP contribution in [-0.4, -0.2) is 32.1 Å². The van der Waals surface area contributed by atoms with Gasteiger partial charge in [-0.2, -0.15) is 0 Å². The quantitative estimate of drug-likeness (QED) is 0.490. The molecule has 0 saturated carbocycles. The number of rotatable bonds is 3. The van der Waals surface area contributed by atoms with Gasteiger partial charge in [0.2, 0.25) is 0 Å². The van der Waals surface area contributed by atoms with Crippen LogP contribution < -0.4 is 16.6 Å². The smallest absolute Gasteiger partial charge is 0.339 e. The van der Waals surface area contributed by atoms with Crippen LogP contribution in [0.2, 0.25) is 0 Å². The fourth-order valence-corrected chi connectivity index (χ4v) is 1.57. The Labute approximate surface area is 115 Å². The van der Waals surface area contributed by atoms with Crippen molar-refractivity contribution in [1.29, 1.82) is 0 Å². The number of aromatic amines is 2. The summed E-state index contributed by atoms with van der Waals surface area (Å²) < 4.78 is 0. The highest BCUT2D eigenvalue weighted by atomic mass is 16.4. The summed E-state index contributed by atoms with van der Waals surface area (Å²) in [7, 11) is 0. The Morgan fingerprint density at radius 3 is 2.43 bits per heavy atom. The first kappa shape index (κ1) is 14.1. The molecule has 1 amide bonds. The summed E-state index contributed by atoms with van der Waals surface area (Å²) in [4.78, 5) is 48.9. The van der Waals surface area contributed by atoms with E-state index in [2.05, 4.69) is 10.3 Å². The normalized spacial score (nSPS) is 10.1. The van der Waals surface area contributed by atoms with Gasteiger partial charge in [-0.1, -0.05) is 0 Å². The number of carboxylic acids is 1. The van der Waals surface area contributed by atoms with Gasteiger partial charge in [0.15, 0.2) is 0 Å². The van der Waals surface area contributed by atoms with Gasteiger partial charge in [-0.25, -0.2) is 9.59 Å². The maximum atomic E-state index is 11.8. The summed E-state index contributed by atoms with van der Waals surface area (Å²) >= 11 is 0. The van der Waals surface area contributed by atoms with Crippen molar-refractivity contribution in [1.82, 2.24) is 9.97 Å². The molecule has 0 aliphatic carbocycles. The van der Waals surface area contributed by atoms with E-state index in [1.54, 1.807) is 0 Å². The van der Waals surface area contributed by atoms with Crippen molar-refractivity contribution in [2.75, 3.05) is 5.32 Å². The average Bonchev–Trinajstić information content (AvgIpc) is 2.39. The largest absolute Gasteiger partial charge is 0.507 e. The first-order valence-electron chi connectivity index (χ1n) is 5.58. The standard InChI is InChI=1S/C12H9N3O6/c16-8-2-1-5(3-6(8)11(19)20)13-10(18)7-4-9(17)15-12(21)14-7/h1-4,16H,(H,13,18)(H,19,20)(H2,14,15,17,21). The summed E-state index contributed by atoms with van der Waals surface area (Å²) in [6.07, 6.45) is 0. The third-order valence-electron chi connectivity index (χ3n) is 2.49. The lowest BCUT2D eigenvalue weighted by molar-refractivity contribution is 0.0693. The molecule has 9 heteroatoms. The first-order chi connectivity index (χ1) is 9.86. The summed E-state index contributed by atoms with van der Waals surface area (Å²) in [5.41, 5.74) is -2.19. The minimum absolute atomic E-state index is 0.0799. The third-order valence-corrected chi connectivity index (χ3v) is 2.49. The molecule has 0 atom stereocenters. The van der Waals surface area contributed by atoms with Crippen LogP contribution in [-0.2, 0) is 0 Å². The molecule has 0 saturated heterocycles. The molecule has 1 aromatic carbocycles. The number of amides is 1. The van der Waals surface area contributed by atoms with E-state index in [-0.39, 0.29) is 11.4 Å². The molecule has 0 fully saturated rings. The van der Waals surface area contributed by atoms with Crippen molar-refractivity contribution in [2.45, 2.75) is 0 Å². The van der Waals surface area contributed by atoms with Crippen LogP contribution in [0.25, 0.3) is 0 Å². The number of benzene rings is 1. The number of anilines is 1. The number of carbonyl (C=O) groups excluding carboxylic acids is 1. The summed E-state index contributed by atoms with van der Waals surface area (Å²) in [6, 6.07) is 4.29. The Morgan fingerprint density at radius 1 is 1.10 bits per heavy atom. The molecular weight excluding hydrogens is 282 g/mol. The van der Waals surface area contributed by atoms with Crippen LogP contribution in [0.1, 0.15) is 20.8 Å². The van der Waals surface area contributed by atoms with Crippen molar-refractivity contribution in [2.24, 2.45) is 0 Å². The van der Waals surface area contributed by atoms with Crippen molar-refractivity contribution in [3.8, 4) is 5.75 Å². The van der Waals surface area contributed by atoms with Gasteiger partial charge in [0, 0.05) is 11.8 Å². The molecule has 0 unspecified atom stereocenters. The Hall–Kier alpha value is -3.36. The van der Waals surface area contributed by atoms with E-state index in [1.165, 1.54) is 6.07 Å². The topological polar surface area (TPSA) is 152 Å². The second-order valence-electron chi connectivity index (χ2n) is 3.99. The fraction of sp³-hybridized carbons (Fsp3) is 0. The summed E-state index contributed by atoms with van der Waals surface area (Å²) in [5.74, 6) is -2.63. The van der Waals surface area contributed by atoms with E-state index in [0.29, 0.717) is 0 Å². The predicted octanol–water partition coefficient (Wildman–Crippen LogP) is -0.281. The van der Waals surface area contributed by atoms with E-state index in [0.717, 1.165) is 18.2 Å². The maximum Gasteiger partial charge on any atom is 0.339 e.